The van der Waals surface area contributed by atoms with E-state index in [0.717, 1.165) is 12.1 Å². The molecule has 0 aliphatic rings. The van der Waals surface area contributed by atoms with Crippen molar-refractivity contribution in [2.45, 2.75) is 25.3 Å². The van der Waals surface area contributed by atoms with E-state index in [0.29, 0.717) is 30.5 Å². The number of amides is 1. The lowest BCUT2D eigenvalue weighted by molar-refractivity contribution is 0.0718. The van der Waals surface area contributed by atoms with Crippen molar-refractivity contribution in [3.63, 3.8) is 0 Å². The van der Waals surface area contributed by atoms with Crippen molar-refractivity contribution < 1.29 is 22.0 Å². The number of imidazole rings is 1. The van der Waals surface area contributed by atoms with E-state index in [-0.39, 0.29) is 17.5 Å². The largest absolute Gasteiger partial charge is 0.347 e. The Morgan fingerprint density at radius 2 is 1.84 bits per heavy atom. The van der Waals surface area contributed by atoms with Gasteiger partial charge in [0, 0.05) is 30.2 Å². The number of sulfonamides is 1. The molecule has 0 atom stereocenters. The highest BCUT2D eigenvalue weighted by Gasteiger charge is 2.20. The Morgan fingerprint density at radius 1 is 1.13 bits per heavy atom. The molecule has 3 rings (SSSR count). The van der Waals surface area contributed by atoms with Gasteiger partial charge in [-0.25, -0.2) is 22.2 Å². The first-order valence-corrected chi connectivity index (χ1v) is 11.0. The van der Waals surface area contributed by atoms with E-state index in [4.69, 9.17) is 0 Å². The van der Waals surface area contributed by atoms with Gasteiger partial charge >= 0.3 is 0 Å². The number of nitrogens with one attached hydrogen (secondary N) is 2. The molecule has 2 aromatic carbocycles. The monoisotopic (exact) mass is 448 g/mol. The molecule has 0 saturated carbocycles. The number of rotatable bonds is 8. The van der Waals surface area contributed by atoms with Crippen LogP contribution in [0.25, 0.3) is 0 Å². The highest BCUT2D eigenvalue weighted by molar-refractivity contribution is 7.92. The second-order valence-corrected chi connectivity index (χ2v) is 9.06. The van der Waals surface area contributed by atoms with Crippen LogP contribution in [0.15, 0.2) is 59.8 Å². The lowest BCUT2D eigenvalue weighted by Crippen LogP contribution is -2.34. The fourth-order valence-electron chi connectivity index (χ4n) is 2.95. The predicted molar refractivity (Wildman–Crippen MR) is 112 cm³/mol. The minimum Gasteiger partial charge on any atom is -0.347 e. The Bertz CT molecular complexity index is 1150. The number of halogens is 2. The zero-order valence-corrected chi connectivity index (χ0v) is 17.8. The average Bonchev–Trinajstić information content (AvgIpc) is 3.22. The lowest BCUT2D eigenvalue weighted by Gasteiger charge is -2.24. The molecule has 0 spiro atoms. The molecule has 1 amide bonds. The Hall–Kier alpha value is -3.27. The Morgan fingerprint density at radius 3 is 2.42 bits per heavy atom. The van der Waals surface area contributed by atoms with Gasteiger partial charge in [0.05, 0.1) is 11.4 Å². The van der Waals surface area contributed by atoms with E-state index in [1.807, 2.05) is 13.8 Å². The Kier molecular flexibility index (Phi) is 6.69. The van der Waals surface area contributed by atoms with Crippen LogP contribution in [0.2, 0.25) is 0 Å². The highest BCUT2D eigenvalue weighted by atomic mass is 32.2. The van der Waals surface area contributed by atoms with Crippen LogP contribution >= 0.6 is 0 Å². The van der Waals surface area contributed by atoms with Gasteiger partial charge in [-0.05, 0) is 48.4 Å². The van der Waals surface area contributed by atoms with Crippen molar-refractivity contribution >= 4 is 21.6 Å². The van der Waals surface area contributed by atoms with Crippen molar-refractivity contribution in [3.05, 3.63) is 77.9 Å². The minimum atomic E-state index is -4.12. The average molecular weight is 448 g/mol. The first-order valence-electron chi connectivity index (χ1n) is 9.51. The molecule has 1 aromatic heterocycles. The summed E-state index contributed by atoms with van der Waals surface area (Å²) in [5.74, 6) is -1.72. The zero-order valence-electron chi connectivity index (χ0n) is 17.0. The summed E-state index contributed by atoms with van der Waals surface area (Å²) in [6.45, 7) is 4.83. The molecule has 31 heavy (non-hydrogen) atoms. The third kappa shape index (κ3) is 5.66. The van der Waals surface area contributed by atoms with Crippen LogP contribution in [0.1, 0.15) is 30.0 Å². The van der Waals surface area contributed by atoms with Crippen LogP contribution in [-0.4, -0.2) is 35.7 Å². The Balaban J connectivity index is 1.76. The molecule has 1 heterocycles. The predicted octanol–water partition coefficient (Wildman–Crippen LogP) is 3.79. The minimum absolute atomic E-state index is 0.183. The van der Waals surface area contributed by atoms with Crippen molar-refractivity contribution in [1.29, 1.82) is 0 Å². The van der Waals surface area contributed by atoms with Gasteiger partial charge in [0.15, 0.2) is 11.6 Å². The third-order valence-corrected chi connectivity index (χ3v) is 5.73. The summed E-state index contributed by atoms with van der Waals surface area (Å²) in [4.78, 5) is 21.3. The number of benzene rings is 2. The summed E-state index contributed by atoms with van der Waals surface area (Å²) < 4.78 is 53.5. The molecule has 0 radical (unpaired) electrons. The molecule has 0 aliphatic heterocycles. The smallest absolute Gasteiger partial charge is 0.261 e. The van der Waals surface area contributed by atoms with Crippen LogP contribution < -0.4 is 4.72 Å². The molecule has 0 saturated heterocycles. The normalized spacial score (nSPS) is 11.5. The van der Waals surface area contributed by atoms with Gasteiger partial charge in [-0.3, -0.25) is 9.52 Å². The van der Waals surface area contributed by atoms with Gasteiger partial charge in [0.25, 0.3) is 15.9 Å². The summed E-state index contributed by atoms with van der Waals surface area (Å²) in [5.41, 5.74) is 0.561. The number of nitrogens with zero attached hydrogens (tertiary/aromatic N) is 2. The number of aromatic nitrogens is 2. The summed E-state index contributed by atoms with van der Waals surface area (Å²) in [6.07, 6.45) is 3.29. The first kappa shape index (κ1) is 22.4. The second kappa shape index (κ2) is 9.25. The molecule has 0 bridgehead atoms. The number of hydrogen-bond acceptors (Lipinski definition) is 4. The lowest BCUT2D eigenvalue weighted by atomic mass is 10.1. The van der Waals surface area contributed by atoms with Crippen molar-refractivity contribution in [2.75, 3.05) is 11.3 Å². The third-order valence-electron chi connectivity index (χ3n) is 4.35. The first-order chi connectivity index (χ1) is 14.7. The quantitative estimate of drug-likeness (QED) is 0.548. The van der Waals surface area contributed by atoms with Gasteiger partial charge < -0.3 is 9.88 Å². The van der Waals surface area contributed by atoms with Gasteiger partial charge in [-0.2, -0.15) is 0 Å². The number of anilines is 1. The number of carbonyl (C=O) groups is 1. The topological polar surface area (TPSA) is 95.2 Å². The van der Waals surface area contributed by atoms with E-state index >= 15 is 0 Å². The van der Waals surface area contributed by atoms with Gasteiger partial charge in [-0.1, -0.05) is 13.8 Å². The van der Waals surface area contributed by atoms with Crippen LogP contribution in [0.5, 0.6) is 0 Å². The summed E-state index contributed by atoms with van der Waals surface area (Å²) in [5, 5.41) is 0. The van der Waals surface area contributed by atoms with Crippen LogP contribution in [0.4, 0.5) is 14.5 Å². The SMILES string of the molecule is CC(C)CN(Cc1ncc[nH]1)C(=O)c1ccc(NS(=O)(=O)c2ccc(F)c(F)c2)cc1. The second-order valence-electron chi connectivity index (χ2n) is 7.37. The molecule has 10 heteroatoms. The standard InChI is InChI=1S/C21H22F2N4O3S/c1-14(2)12-27(13-20-24-9-10-25-20)21(28)15-3-5-16(6-4-15)26-31(29,30)17-7-8-18(22)19(23)11-17/h3-11,14,26H,12-13H2,1-2H3,(H,24,25). The van der Waals surface area contributed by atoms with Crippen LogP contribution in [0, 0.1) is 17.6 Å². The maximum Gasteiger partial charge on any atom is 0.261 e. The summed E-state index contributed by atoms with van der Waals surface area (Å²) in [6, 6.07) is 8.19. The van der Waals surface area contributed by atoms with E-state index in [1.165, 1.54) is 24.3 Å². The maximum absolute atomic E-state index is 13.4. The molecule has 0 aliphatic carbocycles. The fourth-order valence-corrected chi connectivity index (χ4v) is 4.02. The van der Waals surface area contributed by atoms with Crippen LogP contribution in [0.3, 0.4) is 0 Å². The number of hydrogen-bond donors (Lipinski definition) is 2. The molecular weight excluding hydrogens is 426 g/mol. The Labute approximate surface area is 179 Å². The molecule has 3 aromatic rings. The van der Waals surface area contributed by atoms with E-state index in [2.05, 4.69) is 14.7 Å². The molecule has 0 fully saturated rings. The van der Waals surface area contributed by atoms with Gasteiger partial charge in [0.1, 0.15) is 5.82 Å². The van der Waals surface area contributed by atoms with E-state index < -0.39 is 26.6 Å². The fraction of sp³-hybridized carbons (Fsp3) is 0.238. The molecule has 0 unspecified atom stereocenters. The van der Waals surface area contributed by atoms with E-state index in [9.17, 15) is 22.0 Å². The number of aromatic amines is 1. The van der Waals surface area contributed by atoms with Crippen molar-refractivity contribution in [2.24, 2.45) is 5.92 Å². The van der Waals surface area contributed by atoms with Crippen LogP contribution in [-0.2, 0) is 16.6 Å². The van der Waals surface area contributed by atoms with E-state index in [1.54, 1.807) is 17.3 Å². The number of H-pyrrole nitrogens is 1. The molecule has 7 nitrogen and oxygen atoms in total. The van der Waals surface area contributed by atoms with Gasteiger partial charge in [-0.15, -0.1) is 0 Å². The van der Waals surface area contributed by atoms with Gasteiger partial charge in [0.2, 0.25) is 0 Å². The molecular formula is C21H22F2N4O3S. The molecule has 164 valence electrons. The van der Waals surface area contributed by atoms with Crippen molar-refractivity contribution in [3.8, 4) is 0 Å². The molecule has 2 N–H and O–H groups in total. The van der Waals surface area contributed by atoms with Crippen molar-refractivity contribution in [1.82, 2.24) is 14.9 Å². The maximum atomic E-state index is 13.4. The zero-order chi connectivity index (χ0) is 22.6. The summed E-state index contributed by atoms with van der Waals surface area (Å²) >= 11 is 0. The highest BCUT2D eigenvalue weighted by Crippen LogP contribution is 2.20. The summed E-state index contributed by atoms with van der Waals surface area (Å²) in [7, 11) is -4.12. The number of carbonyl (C=O) groups excluding carboxylic acids is 1.